The van der Waals surface area contributed by atoms with Gasteiger partial charge in [0.2, 0.25) is 0 Å². The van der Waals surface area contributed by atoms with Gasteiger partial charge in [-0.1, -0.05) is 0 Å². The summed E-state index contributed by atoms with van der Waals surface area (Å²) in [4.78, 5) is 0. The van der Waals surface area contributed by atoms with Crippen molar-refractivity contribution in [1.29, 1.82) is 0 Å². The lowest BCUT2D eigenvalue weighted by Gasteiger charge is -1.97. The molecule has 0 saturated carbocycles. The largest absolute Gasteiger partial charge is 0.463 e. The molecule has 0 amide bonds. The summed E-state index contributed by atoms with van der Waals surface area (Å²) in [6, 6.07) is 3.71. The molecule has 2 rings (SSSR count). The Hall–Kier alpha value is -1.36. The third-order valence-corrected chi connectivity index (χ3v) is 2.12. The van der Waals surface area contributed by atoms with Gasteiger partial charge in [0.1, 0.15) is 0 Å². The minimum absolute atomic E-state index is 0.754. The first-order chi connectivity index (χ1) is 6.42. The third kappa shape index (κ3) is 1.55. The monoisotopic (exact) mass is 195 g/mol. The van der Waals surface area contributed by atoms with Gasteiger partial charge >= 0.3 is 0 Å². The van der Waals surface area contributed by atoms with Gasteiger partial charge in [-0.2, -0.15) is 8.75 Å². The van der Waals surface area contributed by atoms with Crippen LogP contribution in [0.15, 0.2) is 22.8 Å². The van der Waals surface area contributed by atoms with Crippen LogP contribution >= 0.6 is 11.7 Å². The van der Waals surface area contributed by atoms with Crippen molar-refractivity contribution in [2.24, 2.45) is 0 Å². The van der Waals surface area contributed by atoms with E-state index in [1.54, 1.807) is 6.26 Å². The summed E-state index contributed by atoms with van der Waals surface area (Å²) < 4.78 is 13.5. The summed E-state index contributed by atoms with van der Waals surface area (Å²) in [5.74, 6) is 1.55. The smallest absolute Gasteiger partial charge is 0.171 e. The maximum absolute atomic E-state index is 5.23. The first-order valence-corrected chi connectivity index (χ1v) is 4.75. The van der Waals surface area contributed by atoms with Crippen LogP contribution in [0, 0.1) is 0 Å². The zero-order valence-electron chi connectivity index (χ0n) is 7.15. The van der Waals surface area contributed by atoms with Crippen LogP contribution in [-0.2, 0) is 0 Å². The minimum Gasteiger partial charge on any atom is -0.463 e. The predicted octanol–water partition coefficient (Wildman–Crippen LogP) is 2.23. The lowest BCUT2D eigenvalue weighted by Crippen LogP contribution is -1.97. The summed E-state index contributed by atoms with van der Waals surface area (Å²) in [7, 11) is 0. The molecule has 0 spiro atoms. The Morgan fingerprint density at radius 2 is 2.46 bits per heavy atom. The second-order valence-corrected chi connectivity index (χ2v) is 3.00. The van der Waals surface area contributed by atoms with Crippen LogP contribution in [0.25, 0.3) is 11.5 Å². The lowest BCUT2D eigenvalue weighted by molar-refractivity contribution is 0.581. The molecule has 5 heteroatoms. The first kappa shape index (κ1) is 8.25. The molecule has 0 fully saturated rings. The number of hydrogen-bond donors (Lipinski definition) is 1. The third-order valence-electron chi connectivity index (χ3n) is 1.59. The van der Waals surface area contributed by atoms with Gasteiger partial charge in [0.25, 0.3) is 0 Å². The van der Waals surface area contributed by atoms with Gasteiger partial charge in [-0.25, -0.2) is 0 Å². The SMILES string of the molecule is CCNc1nsnc1-c1ccco1. The second-order valence-electron chi connectivity index (χ2n) is 2.47. The van der Waals surface area contributed by atoms with Gasteiger partial charge in [0.05, 0.1) is 18.0 Å². The van der Waals surface area contributed by atoms with E-state index in [2.05, 4.69) is 14.1 Å². The van der Waals surface area contributed by atoms with E-state index < -0.39 is 0 Å². The fourth-order valence-electron chi connectivity index (χ4n) is 1.05. The molecule has 0 aliphatic carbocycles. The average molecular weight is 195 g/mol. The Kier molecular flexibility index (Phi) is 2.27. The van der Waals surface area contributed by atoms with E-state index in [1.807, 2.05) is 19.1 Å². The van der Waals surface area contributed by atoms with Crippen molar-refractivity contribution in [3.63, 3.8) is 0 Å². The highest BCUT2D eigenvalue weighted by Crippen LogP contribution is 2.25. The van der Waals surface area contributed by atoms with Crippen LogP contribution in [-0.4, -0.2) is 15.3 Å². The second kappa shape index (κ2) is 3.57. The predicted molar refractivity (Wildman–Crippen MR) is 51.8 cm³/mol. The maximum Gasteiger partial charge on any atom is 0.171 e. The van der Waals surface area contributed by atoms with Crippen molar-refractivity contribution < 1.29 is 4.42 Å². The van der Waals surface area contributed by atoms with Crippen LogP contribution in [0.5, 0.6) is 0 Å². The van der Waals surface area contributed by atoms with Crippen LogP contribution < -0.4 is 5.32 Å². The molecule has 68 valence electrons. The maximum atomic E-state index is 5.23. The van der Waals surface area contributed by atoms with Crippen LogP contribution in [0.4, 0.5) is 5.82 Å². The van der Waals surface area contributed by atoms with E-state index in [0.29, 0.717) is 0 Å². The summed E-state index contributed by atoms with van der Waals surface area (Å²) >= 11 is 1.18. The van der Waals surface area contributed by atoms with E-state index in [1.165, 1.54) is 11.7 Å². The summed E-state index contributed by atoms with van der Waals surface area (Å²) in [6.07, 6.45) is 1.63. The summed E-state index contributed by atoms with van der Waals surface area (Å²) in [6.45, 7) is 2.85. The highest BCUT2D eigenvalue weighted by atomic mass is 32.1. The summed E-state index contributed by atoms with van der Waals surface area (Å²) in [5, 5.41) is 3.12. The highest BCUT2D eigenvalue weighted by molar-refractivity contribution is 6.99. The van der Waals surface area contributed by atoms with Gasteiger partial charge < -0.3 is 9.73 Å². The zero-order chi connectivity index (χ0) is 9.10. The van der Waals surface area contributed by atoms with Crippen molar-refractivity contribution in [2.75, 3.05) is 11.9 Å². The molecular weight excluding hydrogens is 186 g/mol. The topological polar surface area (TPSA) is 51.0 Å². The normalized spacial score (nSPS) is 10.2. The van der Waals surface area contributed by atoms with Gasteiger partial charge in [0.15, 0.2) is 17.3 Å². The molecule has 0 radical (unpaired) electrons. The Balaban J connectivity index is 2.35. The van der Waals surface area contributed by atoms with Crippen molar-refractivity contribution in [3.05, 3.63) is 18.4 Å². The molecule has 1 N–H and O–H groups in total. The van der Waals surface area contributed by atoms with Crippen molar-refractivity contribution in [1.82, 2.24) is 8.75 Å². The molecule has 0 aromatic carbocycles. The molecule has 13 heavy (non-hydrogen) atoms. The minimum atomic E-state index is 0.754. The molecule has 2 aromatic rings. The molecule has 2 aromatic heterocycles. The lowest BCUT2D eigenvalue weighted by atomic mass is 10.3. The first-order valence-electron chi connectivity index (χ1n) is 4.02. The molecule has 0 atom stereocenters. The standard InChI is InChI=1S/C8H9N3OS/c1-2-9-8-7(10-13-11-8)6-4-3-5-12-6/h3-5H,2H2,1H3,(H,9,11). The quantitative estimate of drug-likeness (QED) is 0.816. The van der Waals surface area contributed by atoms with Gasteiger partial charge in [-0.3, -0.25) is 0 Å². The van der Waals surface area contributed by atoms with Crippen LogP contribution in [0.1, 0.15) is 6.92 Å². The van der Waals surface area contributed by atoms with Gasteiger partial charge in [-0.05, 0) is 19.1 Å². The number of nitrogens with one attached hydrogen (secondary N) is 1. The molecule has 0 bridgehead atoms. The van der Waals surface area contributed by atoms with Gasteiger partial charge in [-0.15, -0.1) is 0 Å². The Labute approximate surface area is 79.9 Å². The van der Waals surface area contributed by atoms with Crippen LogP contribution in [0.2, 0.25) is 0 Å². The average Bonchev–Trinajstić information content (AvgIpc) is 2.71. The van der Waals surface area contributed by atoms with Crippen molar-refractivity contribution in [3.8, 4) is 11.5 Å². The van der Waals surface area contributed by atoms with E-state index in [9.17, 15) is 0 Å². The number of anilines is 1. The molecule has 0 aliphatic rings. The zero-order valence-corrected chi connectivity index (χ0v) is 7.97. The fourth-order valence-corrected chi connectivity index (χ4v) is 1.58. The van der Waals surface area contributed by atoms with Crippen LogP contribution in [0.3, 0.4) is 0 Å². The Morgan fingerprint density at radius 3 is 3.15 bits per heavy atom. The molecule has 0 saturated heterocycles. The summed E-state index contributed by atoms with van der Waals surface area (Å²) in [5.41, 5.74) is 0.789. The van der Waals surface area contributed by atoms with Crippen molar-refractivity contribution in [2.45, 2.75) is 6.92 Å². The Morgan fingerprint density at radius 1 is 1.54 bits per heavy atom. The Bertz CT molecular complexity index is 368. The molecule has 2 heterocycles. The van der Waals surface area contributed by atoms with E-state index in [4.69, 9.17) is 4.42 Å². The van der Waals surface area contributed by atoms with E-state index >= 15 is 0 Å². The molecule has 0 unspecified atom stereocenters. The molecular formula is C8H9N3OS. The number of hydrogen-bond acceptors (Lipinski definition) is 5. The molecule has 4 nitrogen and oxygen atoms in total. The van der Waals surface area contributed by atoms with E-state index in [-0.39, 0.29) is 0 Å². The number of nitrogens with zero attached hydrogens (tertiary/aromatic N) is 2. The van der Waals surface area contributed by atoms with E-state index in [0.717, 1.165) is 23.8 Å². The molecule has 0 aliphatic heterocycles. The number of aromatic nitrogens is 2. The fraction of sp³-hybridized carbons (Fsp3) is 0.250. The highest BCUT2D eigenvalue weighted by Gasteiger charge is 2.11. The van der Waals surface area contributed by atoms with Gasteiger partial charge in [0, 0.05) is 6.54 Å². The number of furan rings is 1. The number of rotatable bonds is 3. The van der Waals surface area contributed by atoms with Crippen molar-refractivity contribution >= 4 is 17.5 Å².